The van der Waals surface area contributed by atoms with Gasteiger partial charge in [0.15, 0.2) is 0 Å². The molecule has 0 N–H and O–H groups in total. The summed E-state index contributed by atoms with van der Waals surface area (Å²) in [4.78, 5) is 30.1. The van der Waals surface area contributed by atoms with Gasteiger partial charge >= 0.3 is 11.9 Å². The normalized spacial score (nSPS) is 16.7. The molecule has 1 fully saturated rings. The van der Waals surface area contributed by atoms with Crippen LogP contribution < -0.4 is 0 Å². The maximum Gasteiger partial charge on any atom is 0.346 e. The lowest BCUT2D eigenvalue weighted by atomic mass is 10.2. The Morgan fingerprint density at radius 2 is 1.11 bits per heavy atom. The highest BCUT2D eigenvalue weighted by Gasteiger charge is 2.38. The lowest BCUT2D eigenvalue weighted by Crippen LogP contribution is -2.54. The molecule has 0 bridgehead atoms. The van der Waals surface area contributed by atoms with Gasteiger partial charge < -0.3 is 9.47 Å². The van der Waals surface area contributed by atoms with Gasteiger partial charge in [-0.25, -0.2) is 19.0 Å². The number of hydrogen-bond donors (Lipinski definition) is 0. The first-order valence-electron chi connectivity index (χ1n) is 12.0. The highest BCUT2D eigenvalue weighted by atomic mass is 16.5. The summed E-state index contributed by atoms with van der Waals surface area (Å²) in [6.07, 6.45) is -1.54. The van der Waals surface area contributed by atoms with Crippen LogP contribution in [-0.2, 0) is 19.1 Å². The summed E-state index contributed by atoms with van der Waals surface area (Å²) in [5.41, 5.74) is 2.89. The molecule has 0 aliphatic carbocycles. The van der Waals surface area contributed by atoms with Crippen molar-refractivity contribution in [3.8, 4) is 0 Å². The molecule has 4 aromatic rings. The first kappa shape index (κ1) is 23.8. The van der Waals surface area contributed by atoms with Crippen LogP contribution >= 0.6 is 0 Å². The van der Waals surface area contributed by atoms with E-state index < -0.39 is 24.3 Å². The van der Waals surface area contributed by atoms with E-state index in [2.05, 4.69) is 20.6 Å². The molecule has 12 heteroatoms. The van der Waals surface area contributed by atoms with E-state index in [4.69, 9.17) is 9.47 Å². The first-order valence-corrected chi connectivity index (χ1v) is 12.0. The average molecular weight is 493 g/mol. The lowest BCUT2D eigenvalue weighted by molar-refractivity contribution is -0.160. The fourth-order valence-electron chi connectivity index (χ4n) is 4.60. The lowest BCUT2D eigenvalue weighted by Gasteiger charge is -2.40. The number of para-hydroxylation sites is 2. The molecule has 5 rings (SSSR count). The number of ether oxygens (including phenoxy) is 2. The van der Waals surface area contributed by atoms with Crippen molar-refractivity contribution in [2.24, 2.45) is 0 Å². The number of carbonyl (C=O) groups is 2. The molecule has 0 saturated carbocycles. The molecule has 1 saturated heterocycles. The van der Waals surface area contributed by atoms with Crippen LogP contribution in [0.25, 0.3) is 22.1 Å². The second-order valence-electron chi connectivity index (χ2n) is 8.37. The minimum atomic E-state index is -0.771. The van der Waals surface area contributed by atoms with Crippen LogP contribution in [0, 0.1) is 0 Å². The third-order valence-electron chi connectivity index (χ3n) is 6.25. The average Bonchev–Trinajstić information content (AvgIpc) is 3.51. The van der Waals surface area contributed by atoms with Gasteiger partial charge in [-0.1, -0.05) is 34.7 Å². The van der Waals surface area contributed by atoms with Crippen molar-refractivity contribution >= 4 is 34.0 Å². The molecule has 2 aromatic carbocycles. The quantitative estimate of drug-likeness (QED) is 0.336. The molecule has 36 heavy (non-hydrogen) atoms. The van der Waals surface area contributed by atoms with E-state index in [0.717, 1.165) is 11.0 Å². The van der Waals surface area contributed by atoms with E-state index in [1.165, 1.54) is 0 Å². The van der Waals surface area contributed by atoms with Gasteiger partial charge in [0, 0.05) is 26.2 Å². The summed E-state index contributed by atoms with van der Waals surface area (Å²) in [6.45, 7) is 6.01. The van der Waals surface area contributed by atoms with Crippen molar-refractivity contribution < 1.29 is 19.1 Å². The Kier molecular flexibility index (Phi) is 6.87. The van der Waals surface area contributed by atoms with Crippen molar-refractivity contribution in [1.29, 1.82) is 0 Å². The molecular formula is C24H28N8O4. The molecule has 0 spiro atoms. The van der Waals surface area contributed by atoms with Gasteiger partial charge in [-0.2, -0.15) is 0 Å². The number of aromatic nitrogens is 6. The van der Waals surface area contributed by atoms with Gasteiger partial charge in [0.05, 0.1) is 24.2 Å². The summed E-state index contributed by atoms with van der Waals surface area (Å²) in [7, 11) is 0. The van der Waals surface area contributed by atoms with Crippen molar-refractivity contribution in [1.82, 2.24) is 39.8 Å². The van der Waals surface area contributed by atoms with E-state index in [1.54, 1.807) is 23.2 Å². The topological polar surface area (TPSA) is 120 Å². The Hall–Kier alpha value is -3.90. The molecule has 2 atom stereocenters. The zero-order chi connectivity index (χ0) is 25.1. The van der Waals surface area contributed by atoms with Gasteiger partial charge in [-0.3, -0.25) is 9.80 Å². The zero-order valence-electron chi connectivity index (χ0n) is 20.2. The molecular weight excluding hydrogens is 464 g/mol. The second kappa shape index (κ2) is 10.4. The Labute approximate surface area is 207 Å². The molecule has 188 valence electrons. The largest absolute Gasteiger partial charge is 0.463 e. The number of benzene rings is 2. The fourth-order valence-corrected chi connectivity index (χ4v) is 4.60. The van der Waals surface area contributed by atoms with E-state index >= 15 is 0 Å². The Morgan fingerprint density at radius 1 is 0.722 bits per heavy atom. The molecule has 1 aliphatic rings. The number of rotatable bonds is 8. The van der Waals surface area contributed by atoms with Crippen molar-refractivity contribution in [2.45, 2.75) is 26.2 Å². The summed E-state index contributed by atoms with van der Waals surface area (Å²) in [5.74, 6) is -0.795. The van der Waals surface area contributed by atoms with Crippen LogP contribution in [0.2, 0.25) is 0 Å². The van der Waals surface area contributed by atoms with E-state index in [1.807, 2.05) is 58.3 Å². The van der Waals surface area contributed by atoms with Crippen LogP contribution in [0.15, 0.2) is 48.5 Å². The highest BCUT2D eigenvalue weighted by Crippen LogP contribution is 2.26. The number of carbonyl (C=O) groups excluding carboxylic acids is 2. The van der Waals surface area contributed by atoms with Gasteiger partial charge in [-0.15, -0.1) is 10.2 Å². The Balaban J connectivity index is 1.41. The standard InChI is InChI=1S/C24H28N8O4/c1-3-35-23(33)21(31-19-11-7-5-9-17(19)25-27-31)29-13-15-30(16-14-29)22(24(34)36-4-2)32-20-12-8-6-10-18(20)26-28-32/h5-12,21-22H,3-4,13-16H2,1-2H3. The molecule has 1 aliphatic heterocycles. The fraction of sp³-hybridized carbons (Fsp3) is 0.417. The summed E-state index contributed by atoms with van der Waals surface area (Å²) < 4.78 is 14.0. The number of fused-ring (bicyclic) bond motifs is 2. The van der Waals surface area contributed by atoms with Crippen molar-refractivity contribution in [2.75, 3.05) is 39.4 Å². The third kappa shape index (κ3) is 4.40. The molecule has 2 aromatic heterocycles. The van der Waals surface area contributed by atoms with E-state index in [-0.39, 0.29) is 13.2 Å². The van der Waals surface area contributed by atoms with Crippen molar-refractivity contribution in [3.63, 3.8) is 0 Å². The van der Waals surface area contributed by atoms with Crippen molar-refractivity contribution in [3.05, 3.63) is 48.5 Å². The smallest absolute Gasteiger partial charge is 0.346 e. The number of piperazine rings is 1. The van der Waals surface area contributed by atoms with Gasteiger partial charge in [0.1, 0.15) is 11.0 Å². The van der Waals surface area contributed by atoms with Gasteiger partial charge in [0.2, 0.25) is 12.3 Å². The minimum Gasteiger partial charge on any atom is -0.463 e. The summed E-state index contributed by atoms with van der Waals surface area (Å²) >= 11 is 0. The van der Waals surface area contributed by atoms with Crippen LogP contribution in [0.4, 0.5) is 0 Å². The van der Waals surface area contributed by atoms with Gasteiger partial charge in [-0.05, 0) is 38.1 Å². The van der Waals surface area contributed by atoms with Crippen LogP contribution in [0.3, 0.4) is 0 Å². The highest BCUT2D eigenvalue weighted by molar-refractivity contribution is 5.80. The SMILES string of the molecule is CCOC(=O)C(N1CCN(C(C(=O)OCC)n2nnc3ccccc32)CC1)n1nnc2ccccc21. The number of esters is 2. The number of hydrogen-bond acceptors (Lipinski definition) is 10. The first-order chi connectivity index (χ1) is 17.6. The molecule has 2 unspecified atom stereocenters. The van der Waals surface area contributed by atoms with Crippen LogP contribution in [-0.4, -0.2) is 91.1 Å². The predicted molar refractivity (Wildman–Crippen MR) is 130 cm³/mol. The monoisotopic (exact) mass is 492 g/mol. The molecule has 3 heterocycles. The van der Waals surface area contributed by atoms with Crippen LogP contribution in [0.5, 0.6) is 0 Å². The van der Waals surface area contributed by atoms with E-state index in [9.17, 15) is 9.59 Å². The van der Waals surface area contributed by atoms with Crippen LogP contribution in [0.1, 0.15) is 26.2 Å². The molecule has 12 nitrogen and oxygen atoms in total. The maximum absolute atomic E-state index is 13.1. The van der Waals surface area contributed by atoms with Gasteiger partial charge in [0.25, 0.3) is 0 Å². The predicted octanol–water partition coefficient (Wildman–Crippen LogP) is 1.62. The Morgan fingerprint density at radius 3 is 1.50 bits per heavy atom. The Bertz CT molecular complexity index is 1260. The summed E-state index contributed by atoms with van der Waals surface area (Å²) in [5, 5.41) is 17.0. The molecule has 0 amide bonds. The summed E-state index contributed by atoms with van der Waals surface area (Å²) in [6, 6.07) is 15.0. The minimum absolute atomic E-state index is 0.256. The number of nitrogens with zero attached hydrogens (tertiary/aromatic N) is 8. The second-order valence-corrected chi connectivity index (χ2v) is 8.37. The zero-order valence-corrected chi connectivity index (χ0v) is 20.2. The molecule has 0 radical (unpaired) electrons. The third-order valence-corrected chi connectivity index (χ3v) is 6.25. The maximum atomic E-state index is 13.1. The van der Waals surface area contributed by atoms with E-state index in [0.29, 0.717) is 37.2 Å².